The highest BCUT2D eigenvalue weighted by Gasteiger charge is 2.27. The highest BCUT2D eigenvalue weighted by molar-refractivity contribution is 5.84. The zero-order valence-electron chi connectivity index (χ0n) is 9.38. The molecule has 0 unspecified atom stereocenters. The molecule has 0 heteroatoms. The largest absolute Gasteiger partial charge is 0.0779 e. The number of fused-ring (bicyclic) bond motifs is 2. The first-order valence-electron chi connectivity index (χ1n) is 5.65. The van der Waals surface area contributed by atoms with E-state index >= 15 is 0 Å². The minimum atomic E-state index is 0.348. The van der Waals surface area contributed by atoms with Crippen molar-refractivity contribution < 1.29 is 0 Å². The van der Waals surface area contributed by atoms with Gasteiger partial charge in [-0.15, -0.1) is 0 Å². The molecule has 2 aliphatic rings. The van der Waals surface area contributed by atoms with E-state index in [-0.39, 0.29) is 0 Å². The van der Waals surface area contributed by atoms with E-state index in [4.69, 9.17) is 0 Å². The molecule has 0 amide bonds. The van der Waals surface area contributed by atoms with Crippen LogP contribution in [0.4, 0.5) is 0 Å². The second kappa shape index (κ2) is 2.85. The maximum Gasteiger partial charge on any atom is -0.00514 e. The summed E-state index contributed by atoms with van der Waals surface area (Å²) in [6.45, 7) is 4.63. The molecular formula is C15H16. The number of allylic oxidation sites excluding steroid dienone is 4. The van der Waals surface area contributed by atoms with E-state index in [1.165, 1.54) is 29.5 Å². The van der Waals surface area contributed by atoms with Crippen LogP contribution >= 0.6 is 0 Å². The van der Waals surface area contributed by atoms with Gasteiger partial charge in [0.1, 0.15) is 0 Å². The van der Waals surface area contributed by atoms with Crippen LogP contribution in [0.3, 0.4) is 0 Å². The van der Waals surface area contributed by atoms with Gasteiger partial charge in [0.25, 0.3) is 0 Å². The molecular weight excluding hydrogens is 180 g/mol. The van der Waals surface area contributed by atoms with Crippen LogP contribution < -0.4 is 0 Å². The van der Waals surface area contributed by atoms with Gasteiger partial charge in [0, 0.05) is 0 Å². The molecule has 15 heavy (non-hydrogen) atoms. The first kappa shape index (κ1) is 8.96. The number of hydrogen-bond donors (Lipinski definition) is 0. The van der Waals surface area contributed by atoms with Crippen molar-refractivity contribution in [3.8, 4) is 0 Å². The van der Waals surface area contributed by atoms with Gasteiger partial charge >= 0.3 is 0 Å². The van der Waals surface area contributed by atoms with Crippen molar-refractivity contribution in [1.29, 1.82) is 0 Å². The lowest BCUT2D eigenvalue weighted by Gasteiger charge is -2.25. The quantitative estimate of drug-likeness (QED) is 0.588. The van der Waals surface area contributed by atoms with Crippen molar-refractivity contribution in [2.24, 2.45) is 5.41 Å². The highest BCUT2D eigenvalue weighted by Crippen LogP contribution is 2.43. The van der Waals surface area contributed by atoms with Crippen LogP contribution in [0.1, 0.15) is 31.4 Å². The van der Waals surface area contributed by atoms with E-state index < -0.39 is 0 Å². The second-order valence-electron chi connectivity index (χ2n) is 5.35. The highest BCUT2D eigenvalue weighted by atomic mass is 14.3. The topological polar surface area (TPSA) is 0 Å². The van der Waals surface area contributed by atoms with Crippen molar-refractivity contribution in [2.75, 3.05) is 0 Å². The summed E-state index contributed by atoms with van der Waals surface area (Å²) in [5.74, 6) is 0. The van der Waals surface area contributed by atoms with Gasteiger partial charge in [-0.3, -0.25) is 0 Å². The molecule has 76 valence electrons. The third-order valence-electron chi connectivity index (χ3n) is 3.46. The predicted octanol–water partition coefficient (Wildman–Crippen LogP) is 3.98. The third-order valence-corrected chi connectivity index (χ3v) is 3.46. The van der Waals surface area contributed by atoms with Crippen LogP contribution in [0.25, 0.3) is 5.57 Å². The summed E-state index contributed by atoms with van der Waals surface area (Å²) in [5.41, 5.74) is 6.43. The van der Waals surface area contributed by atoms with Gasteiger partial charge in [-0.05, 0) is 35.0 Å². The minimum Gasteiger partial charge on any atom is -0.0779 e. The molecule has 3 rings (SSSR count). The fourth-order valence-corrected chi connectivity index (χ4v) is 2.74. The van der Waals surface area contributed by atoms with Gasteiger partial charge in [-0.25, -0.2) is 0 Å². The maximum atomic E-state index is 2.36. The fourth-order valence-electron chi connectivity index (χ4n) is 2.74. The number of benzene rings is 1. The van der Waals surface area contributed by atoms with E-state index in [9.17, 15) is 0 Å². The van der Waals surface area contributed by atoms with E-state index in [2.05, 4.69) is 50.3 Å². The smallest absolute Gasteiger partial charge is 0.00514 e. The molecule has 0 atom stereocenters. The Kier molecular flexibility index (Phi) is 1.70. The van der Waals surface area contributed by atoms with Crippen molar-refractivity contribution in [3.05, 3.63) is 53.1 Å². The summed E-state index contributed by atoms with van der Waals surface area (Å²) in [6.07, 6.45) is 7.06. The van der Waals surface area contributed by atoms with E-state index in [1.807, 2.05) is 0 Å². The van der Waals surface area contributed by atoms with E-state index in [0.717, 1.165) is 0 Å². The Morgan fingerprint density at radius 1 is 1.13 bits per heavy atom. The molecule has 0 spiro atoms. The van der Waals surface area contributed by atoms with Gasteiger partial charge < -0.3 is 0 Å². The predicted molar refractivity (Wildman–Crippen MR) is 64.6 cm³/mol. The summed E-state index contributed by atoms with van der Waals surface area (Å²) in [4.78, 5) is 0. The van der Waals surface area contributed by atoms with Gasteiger partial charge in [-0.2, -0.15) is 0 Å². The zero-order chi connectivity index (χ0) is 10.5. The normalized spacial score (nSPS) is 21.5. The minimum absolute atomic E-state index is 0.348. The Morgan fingerprint density at radius 3 is 2.80 bits per heavy atom. The number of rotatable bonds is 0. The Labute approximate surface area is 91.3 Å². The zero-order valence-corrected chi connectivity index (χ0v) is 9.38. The molecule has 0 N–H and O–H groups in total. The van der Waals surface area contributed by atoms with Crippen LogP contribution in [0.5, 0.6) is 0 Å². The first-order valence-corrected chi connectivity index (χ1v) is 5.65. The Morgan fingerprint density at radius 2 is 1.93 bits per heavy atom. The van der Waals surface area contributed by atoms with Crippen molar-refractivity contribution >= 4 is 5.57 Å². The Balaban J connectivity index is 2.08. The molecule has 0 fully saturated rings. The van der Waals surface area contributed by atoms with Gasteiger partial charge in [0.05, 0.1) is 0 Å². The maximum absolute atomic E-state index is 2.36. The van der Waals surface area contributed by atoms with E-state index in [1.54, 1.807) is 5.57 Å². The van der Waals surface area contributed by atoms with Crippen molar-refractivity contribution in [1.82, 2.24) is 0 Å². The summed E-state index contributed by atoms with van der Waals surface area (Å²) in [7, 11) is 0. The lowest BCUT2D eigenvalue weighted by Crippen LogP contribution is -2.12. The monoisotopic (exact) mass is 196 g/mol. The fraction of sp³-hybridized carbons (Fsp3) is 0.333. The van der Waals surface area contributed by atoms with Crippen LogP contribution in [-0.2, 0) is 6.42 Å². The molecule has 1 aromatic rings. The Bertz CT molecular complexity index is 473. The van der Waals surface area contributed by atoms with Gasteiger partial charge in [0.2, 0.25) is 0 Å². The molecule has 1 aromatic carbocycles. The number of hydrogen-bond acceptors (Lipinski definition) is 0. The van der Waals surface area contributed by atoms with Crippen LogP contribution in [0, 0.1) is 5.41 Å². The molecule has 0 saturated heterocycles. The summed E-state index contributed by atoms with van der Waals surface area (Å²) < 4.78 is 0. The molecule has 0 aromatic heterocycles. The Hall–Kier alpha value is -1.30. The standard InChI is InChI=1S/C15H16/c1-15(2)8-7-14-12(10-15)9-11-5-3-4-6-13(11)14/h3-8H,9-10H2,1-2H3. The molecule has 2 aliphatic carbocycles. The van der Waals surface area contributed by atoms with Crippen LogP contribution in [0.15, 0.2) is 42.0 Å². The average molecular weight is 196 g/mol. The lowest BCUT2D eigenvalue weighted by atomic mass is 9.80. The molecule has 0 heterocycles. The van der Waals surface area contributed by atoms with E-state index in [0.29, 0.717) is 5.41 Å². The summed E-state index contributed by atoms with van der Waals surface area (Å²) in [5, 5.41) is 0. The van der Waals surface area contributed by atoms with Crippen LogP contribution in [0.2, 0.25) is 0 Å². The summed E-state index contributed by atoms with van der Waals surface area (Å²) >= 11 is 0. The molecule has 0 radical (unpaired) electrons. The second-order valence-corrected chi connectivity index (χ2v) is 5.35. The average Bonchev–Trinajstić information content (AvgIpc) is 2.52. The first-order chi connectivity index (χ1) is 7.16. The van der Waals surface area contributed by atoms with Crippen molar-refractivity contribution in [2.45, 2.75) is 26.7 Å². The lowest BCUT2D eigenvalue weighted by molar-refractivity contribution is 0.469. The molecule has 0 saturated carbocycles. The third kappa shape index (κ3) is 1.36. The van der Waals surface area contributed by atoms with Gasteiger partial charge in [0.15, 0.2) is 0 Å². The SMILES string of the molecule is CC1(C)C=CC2=C(Cc3ccccc32)C1. The summed E-state index contributed by atoms with van der Waals surface area (Å²) in [6, 6.07) is 8.79. The van der Waals surface area contributed by atoms with Crippen LogP contribution in [-0.4, -0.2) is 0 Å². The van der Waals surface area contributed by atoms with Gasteiger partial charge in [-0.1, -0.05) is 55.8 Å². The van der Waals surface area contributed by atoms with Crippen molar-refractivity contribution in [3.63, 3.8) is 0 Å². The molecule has 0 nitrogen and oxygen atoms in total. The molecule has 0 aliphatic heterocycles. The molecule has 0 bridgehead atoms.